The van der Waals surface area contributed by atoms with Gasteiger partial charge in [0.15, 0.2) is 0 Å². The summed E-state index contributed by atoms with van der Waals surface area (Å²) in [6.45, 7) is 2.75. The number of nitrogens with two attached hydrogens (primary N) is 1. The Hall–Kier alpha value is -1.26. The van der Waals surface area contributed by atoms with E-state index in [1.807, 2.05) is 6.92 Å². The minimum Gasteiger partial charge on any atom is -0.449 e. The summed E-state index contributed by atoms with van der Waals surface area (Å²) >= 11 is 0. The number of ether oxygens (including phenoxy) is 1. The number of unbranched alkanes of at least 4 members (excludes halogenated alkanes) is 1. The first kappa shape index (κ1) is 12.7. The summed E-state index contributed by atoms with van der Waals surface area (Å²) in [5, 5.41) is 0. The van der Waals surface area contributed by atoms with Gasteiger partial charge in [0.2, 0.25) is 5.91 Å². The summed E-state index contributed by atoms with van der Waals surface area (Å²) in [6, 6.07) is 0. The van der Waals surface area contributed by atoms with Crippen molar-refractivity contribution in [3.8, 4) is 0 Å². The van der Waals surface area contributed by atoms with E-state index in [0.717, 1.165) is 12.8 Å². The topological polar surface area (TPSA) is 72.6 Å². The first-order chi connectivity index (χ1) is 6.57. The largest absolute Gasteiger partial charge is 0.449 e. The molecular weight excluding hydrogens is 184 g/mol. The number of rotatable bonds is 6. The number of hydrogen-bond donors (Lipinski definition) is 1. The van der Waals surface area contributed by atoms with Crippen molar-refractivity contribution < 1.29 is 14.3 Å². The molecule has 82 valence electrons. The van der Waals surface area contributed by atoms with Crippen molar-refractivity contribution in [2.24, 2.45) is 5.73 Å². The molecule has 2 amide bonds. The third-order valence-electron chi connectivity index (χ3n) is 1.73. The number of hydrogen-bond acceptors (Lipinski definition) is 3. The molecule has 0 radical (unpaired) electrons. The Morgan fingerprint density at radius 3 is 2.57 bits per heavy atom. The van der Waals surface area contributed by atoms with Gasteiger partial charge in [0.05, 0.1) is 6.61 Å². The molecule has 0 saturated carbocycles. The molecule has 5 heteroatoms. The van der Waals surface area contributed by atoms with Crippen LogP contribution in [-0.2, 0) is 9.53 Å². The molecule has 0 aliphatic heterocycles. The van der Waals surface area contributed by atoms with E-state index in [0.29, 0.717) is 13.2 Å². The van der Waals surface area contributed by atoms with Crippen LogP contribution in [0.25, 0.3) is 0 Å². The number of nitrogens with zero attached hydrogens (tertiary/aromatic N) is 1. The lowest BCUT2D eigenvalue weighted by atomic mass is 10.4. The van der Waals surface area contributed by atoms with Crippen molar-refractivity contribution in [1.29, 1.82) is 0 Å². The Balaban J connectivity index is 3.59. The molecule has 0 heterocycles. The van der Waals surface area contributed by atoms with E-state index in [-0.39, 0.29) is 6.42 Å². The molecule has 0 aromatic heterocycles. The van der Waals surface area contributed by atoms with Gasteiger partial charge in [-0.15, -0.1) is 0 Å². The molecule has 0 spiro atoms. The van der Waals surface area contributed by atoms with E-state index in [2.05, 4.69) is 0 Å². The van der Waals surface area contributed by atoms with E-state index in [4.69, 9.17) is 10.5 Å². The van der Waals surface area contributed by atoms with Crippen LogP contribution in [0.4, 0.5) is 4.79 Å². The number of amides is 2. The Morgan fingerprint density at radius 2 is 2.07 bits per heavy atom. The fraction of sp³-hybridized carbons (Fsp3) is 0.778. The molecule has 0 atom stereocenters. The SMILES string of the molecule is CCCCOC(=O)N(C)CCC(N)=O. The molecule has 14 heavy (non-hydrogen) atoms. The maximum Gasteiger partial charge on any atom is 0.409 e. The fourth-order valence-corrected chi connectivity index (χ4v) is 0.783. The van der Waals surface area contributed by atoms with Crippen molar-refractivity contribution in [2.45, 2.75) is 26.2 Å². The van der Waals surface area contributed by atoms with Gasteiger partial charge in [-0.3, -0.25) is 4.79 Å². The summed E-state index contributed by atoms with van der Waals surface area (Å²) < 4.78 is 4.91. The van der Waals surface area contributed by atoms with E-state index in [1.165, 1.54) is 4.90 Å². The van der Waals surface area contributed by atoms with Gasteiger partial charge in [-0.1, -0.05) is 13.3 Å². The first-order valence-electron chi connectivity index (χ1n) is 4.74. The van der Waals surface area contributed by atoms with Crippen LogP contribution in [0.5, 0.6) is 0 Å². The zero-order valence-corrected chi connectivity index (χ0v) is 8.78. The van der Waals surface area contributed by atoms with E-state index in [9.17, 15) is 9.59 Å². The monoisotopic (exact) mass is 202 g/mol. The Labute approximate surface area is 84.2 Å². The van der Waals surface area contributed by atoms with Crippen molar-refractivity contribution in [2.75, 3.05) is 20.2 Å². The van der Waals surface area contributed by atoms with Crippen LogP contribution in [0, 0.1) is 0 Å². The van der Waals surface area contributed by atoms with Gasteiger partial charge < -0.3 is 15.4 Å². The minimum atomic E-state index is -0.418. The van der Waals surface area contributed by atoms with Gasteiger partial charge in [-0.25, -0.2) is 4.79 Å². The highest BCUT2D eigenvalue weighted by Crippen LogP contribution is 1.95. The second kappa shape index (κ2) is 7.17. The van der Waals surface area contributed by atoms with Gasteiger partial charge in [-0.05, 0) is 6.42 Å². The summed E-state index contributed by atoms with van der Waals surface area (Å²) in [6.07, 6.45) is 1.60. The highest BCUT2D eigenvalue weighted by Gasteiger charge is 2.09. The Kier molecular flexibility index (Phi) is 6.53. The molecule has 0 aromatic carbocycles. The van der Waals surface area contributed by atoms with E-state index < -0.39 is 12.0 Å². The number of primary amides is 1. The lowest BCUT2D eigenvalue weighted by molar-refractivity contribution is -0.118. The summed E-state index contributed by atoms with van der Waals surface area (Å²) in [5.74, 6) is -0.418. The van der Waals surface area contributed by atoms with Crippen LogP contribution < -0.4 is 5.73 Å². The van der Waals surface area contributed by atoms with Gasteiger partial charge in [0.1, 0.15) is 0 Å². The quantitative estimate of drug-likeness (QED) is 0.645. The Morgan fingerprint density at radius 1 is 1.43 bits per heavy atom. The maximum atomic E-state index is 11.2. The average Bonchev–Trinajstić information content (AvgIpc) is 2.14. The summed E-state index contributed by atoms with van der Waals surface area (Å²) in [4.78, 5) is 23.0. The minimum absolute atomic E-state index is 0.166. The third-order valence-corrected chi connectivity index (χ3v) is 1.73. The Bertz CT molecular complexity index is 194. The van der Waals surface area contributed by atoms with Crippen molar-refractivity contribution in [3.63, 3.8) is 0 Å². The van der Waals surface area contributed by atoms with Crippen LogP contribution in [-0.4, -0.2) is 37.1 Å². The molecule has 0 unspecified atom stereocenters. The standard InChI is InChI=1S/C9H18N2O3/c1-3-4-7-14-9(13)11(2)6-5-8(10)12/h3-7H2,1-2H3,(H2,10,12). The van der Waals surface area contributed by atoms with Crippen LogP contribution in [0.3, 0.4) is 0 Å². The van der Waals surface area contributed by atoms with E-state index >= 15 is 0 Å². The second-order valence-electron chi connectivity index (χ2n) is 3.11. The van der Waals surface area contributed by atoms with Crippen LogP contribution in [0.1, 0.15) is 26.2 Å². The molecule has 0 aromatic rings. The van der Waals surface area contributed by atoms with Crippen LogP contribution in [0.15, 0.2) is 0 Å². The van der Waals surface area contributed by atoms with E-state index in [1.54, 1.807) is 7.05 Å². The van der Waals surface area contributed by atoms with Crippen molar-refractivity contribution in [1.82, 2.24) is 4.90 Å². The lowest BCUT2D eigenvalue weighted by Crippen LogP contribution is -2.31. The molecule has 5 nitrogen and oxygen atoms in total. The lowest BCUT2D eigenvalue weighted by Gasteiger charge is -2.15. The molecule has 0 aliphatic carbocycles. The van der Waals surface area contributed by atoms with Crippen LogP contribution in [0.2, 0.25) is 0 Å². The highest BCUT2D eigenvalue weighted by atomic mass is 16.6. The van der Waals surface area contributed by atoms with Crippen molar-refractivity contribution >= 4 is 12.0 Å². The van der Waals surface area contributed by atoms with Gasteiger partial charge in [0, 0.05) is 20.0 Å². The second-order valence-corrected chi connectivity index (χ2v) is 3.11. The fourth-order valence-electron chi connectivity index (χ4n) is 0.783. The molecule has 2 N–H and O–H groups in total. The third kappa shape index (κ3) is 6.28. The molecule has 0 rings (SSSR count). The smallest absolute Gasteiger partial charge is 0.409 e. The number of carbonyl (C=O) groups is 2. The molecule has 0 fully saturated rings. The normalized spacial score (nSPS) is 9.57. The first-order valence-corrected chi connectivity index (χ1v) is 4.74. The average molecular weight is 202 g/mol. The summed E-state index contributed by atoms with van der Waals surface area (Å²) in [7, 11) is 1.58. The zero-order chi connectivity index (χ0) is 11.0. The summed E-state index contributed by atoms with van der Waals surface area (Å²) in [5.41, 5.74) is 4.94. The van der Waals surface area contributed by atoms with Crippen LogP contribution >= 0.6 is 0 Å². The number of carbonyl (C=O) groups excluding carboxylic acids is 2. The van der Waals surface area contributed by atoms with Crippen molar-refractivity contribution in [3.05, 3.63) is 0 Å². The molecular formula is C9H18N2O3. The molecule has 0 aliphatic rings. The molecule has 0 bridgehead atoms. The van der Waals surface area contributed by atoms with Gasteiger partial charge >= 0.3 is 6.09 Å². The predicted octanol–water partition coefficient (Wildman–Crippen LogP) is 0.730. The zero-order valence-electron chi connectivity index (χ0n) is 8.78. The highest BCUT2D eigenvalue weighted by molar-refractivity contribution is 5.75. The van der Waals surface area contributed by atoms with Gasteiger partial charge in [0.25, 0.3) is 0 Å². The van der Waals surface area contributed by atoms with Gasteiger partial charge in [-0.2, -0.15) is 0 Å². The maximum absolute atomic E-state index is 11.2. The molecule has 0 saturated heterocycles. The predicted molar refractivity (Wildman–Crippen MR) is 52.7 cm³/mol.